The fourth-order valence-electron chi connectivity index (χ4n) is 2.42. The van der Waals surface area contributed by atoms with Crippen molar-refractivity contribution >= 4 is 11.5 Å². The quantitative estimate of drug-likeness (QED) is 0.820. The molecular formula is C15H21NO4. The monoisotopic (exact) mass is 279 g/mol. The van der Waals surface area contributed by atoms with Crippen LogP contribution in [0.15, 0.2) is 12.1 Å². The summed E-state index contributed by atoms with van der Waals surface area (Å²) in [5, 5.41) is 0. The Morgan fingerprint density at radius 2 is 1.95 bits per heavy atom. The maximum absolute atomic E-state index is 11.5. The van der Waals surface area contributed by atoms with E-state index in [-0.39, 0.29) is 5.78 Å². The number of hydrogen-bond donors (Lipinski definition) is 0. The van der Waals surface area contributed by atoms with Gasteiger partial charge in [-0.25, -0.2) is 0 Å². The zero-order chi connectivity index (χ0) is 14.5. The molecule has 0 aromatic heterocycles. The highest BCUT2D eigenvalue weighted by Gasteiger charge is 2.20. The average Bonchev–Trinajstić information content (AvgIpc) is 2.47. The highest BCUT2D eigenvalue weighted by Crippen LogP contribution is 2.35. The lowest BCUT2D eigenvalue weighted by Gasteiger charge is -2.31. The number of methoxy groups -OCH3 is 2. The average molecular weight is 279 g/mol. The molecule has 0 radical (unpaired) electrons. The number of morpholine rings is 1. The molecule has 110 valence electrons. The largest absolute Gasteiger partial charge is 0.497 e. The van der Waals surface area contributed by atoms with Crippen LogP contribution in [0.5, 0.6) is 11.5 Å². The van der Waals surface area contributed by atoms with Gasteiger partial charge in [-0.3, -0.25) is 4.79 Å². The van der Waals surface area contributed by atoms with E-state index < -0.39 is 0 Å². The van der Waals surface area contributed by atoms with Crippen molar-refractivity contribution in [2.75, 3.05) is 45.4 Å². The van der Waals surface area contributed by atoms with E-state index in [1.54, 1.807) is 21.1 Å². The SMILES string of the molecule is COc1cc(OC)c(CC(C)=O)c(N2CCOCC2)c1. The van der Waals surface area contributed by atoms with E-state index >= 15 is 0 Å². The summed E-state index contributed by atoms with van der Waals surface area (Å²) in [6.45, 7) is 4.59. The fraction of sp³-hybridized carbons (Fsp3) is 0.533. The topological polar surface area (TPSA) is 48.0 Å². The highest BCUT2D eigenvalue weighted by molar-refractivity contribution is 5.82. The molecule has 0 bridgehead atoms. The summed E-state index contributed by atoms with van der Waals surface area (Å²) in [6, 6.07) is 3.79. The second-order valence-electron chi connectivity index (χ2n) is 4.81. The third kappa shape index (κ3) is 3.22. The van der Waals surface area contributed by atoms with Gasteiger partial charge in [-0.2, -0.15) is 0 Å². The van der Waals surface area contributed by atoms with Crippen LogP contribution >= 0.6 is 0 Å². The first-order chi connectivity index (χ1) is 9.65. The number of ketones is 1. The van der Waals surface area contributed by atoms with Crippen molar-refractivity contribution in [1.82, 2.24) is 0 Å². The van der Waals surface area contributed by atoms with Crippen LogP contribution in [0.1, 0.15) is 12.5 Å². The lowest BCUT2D eigenvalue weighted by Crippen LogP contribution is -2.37. The summed E-state index contributed by atoms with van der Waals surface area (Å²) >= 11 is 0. The molecule has 5 nitrogen and oxygen atoms in total. The van der Waals surface area contributed by atoms with Gasteiger partial charge in [0.05, 0.1) is 27.4 Å². The van der Waals surface area contributed by atoms with Gasteiger partial charge >= 0.3 is 0 Å². The van der Waals surface area contributed by atoms with Crippen LogP contribution < -0.4 is 14.4 Å². The molecule has 1 aromatic carbocycles. The van der Waals surface area contributed by atoms with Crippen molar-refractivity contribution in [3.63, 3.8) is 0 Å². The first-order valence-corrected chi connectivity index (χ1v) is 6.72. The molecule has 0 saturated carbocycles. The van der Waals surface area contributed by atoms with Gasteiger partial charge in [0, 0.05) is 42.9 Å². The lowest BCUT2D eigenvalue weighted by atomic mass is 10.0. The van der Waals surface area contributed by atoms with Crippen molar-refractivity contribution in [1.29, 1.82) is 0 Å². The second-order valence-corrected chi connectivity index (χ2v) is 4.81. The maximum atomic E-state index is 11.5. The van der Waals surface area contributed by atoms with E-state index in [2.05, 4.69) is 4.90 Å². The molecular weight excluding hydrogens is 258 g/mol. The molecule has 1 aliphatic heterocycles. The predicted octanol–water partition coefficient (Wildman–Crippen LogP) is 1.67. The van der Waals surface area contributed by atoms with E-state index in [1.165, 1.54) is 0 Å². The van der Waals surface area contributed by atoms with Gasteiger partial charge in [-0.05, 0) is 6.92 Å². The normalized spacial score (nSPS) is 15.1. The van der Waals surface area contributed by atoms with Gasteiger partial charge in [0.1, 0.15) is 17.3 Å². The Hall–Kier alpha value is -1.75. The number of carbonyl (C=O) groups excluding carboxylic acids is 1. The van der Waals surface area contributed by atoms with Crippen LogP contribution in [-0.2, 0) is 16.0 Å². The zero-order valence-corrected chi connectivity index (χ0v) is 12.3. The summed E-state index contributed by atoms with van der Waals surface area (Å²) in [6.07, 6.45) is 0.361. The van der Waals surface area contributed by atoms with Crippen LogP contribution in [0.25, 0.3) is 0 Å². The van der Waals surface area contributed by atoms with Crippen molar-refractivity contribution in [2.24, 2.45) is 0 Å². The number of nitrogens with zero attached hydrogens (tertiary/aromatic N) is 1. The number of rotatable bonds is 5. The standard InChI is InChI=1S/C15H21NO4/c1-11(17)8-13-14(16-4-6-20-7-5-16)9-12(18-2)10-15(13)19-3/h9-10H,4-8H2,1-3H3. The van der Waals surface area contributed by atoms with Crippen LogP contribution in [0, 0.1) is 0 Å². The molecule has 1 heterocycles. The Morgan fingerprint density at radius 3 is 2.50 bits per heavy atom. The Labute approximate surface area is 119 Å². The summed E-state index contributed by atoms with van der Waals surface area (Å²) in [7, 11) is 3.24. The molecule has 0 amide bonds. The third-order valence-electron chi connectivity index (χ3n) is 3.39. The number of anilines is 1. The molecule has 5 heteroatoms. The summed E-state index contributed by atoms with van der Waals surface area (Å²) < 4.78 is 16.1. The van der Waals surface area contributed by atoms with Gasteiger partial charge in [0.25, 0.3) is 0 Å². The van der Waals surface area contributed by atoms with Crippen LogP contribution in [0.2, 0.25) is 0 Å². The molecule has 1 aliphatic rings. The van der Waals surface area contributed by atoms with Crippen molar-refractivity contribution in [3.8, 4) is 11.5 Å². The van der Waals surface area contributed by atoms with Crippen LogP contribution in [0.4, 0.5) is 5.69 Å². The summed E-state index contributed by atoms with van der Waals surface area (Å²) in [4.78, 5) is 13.8. The maximum Gasteiger partial charge on any atom is 0.134 e. The van der Waals surface area contributed by atoms with Crippen LogP contribution in [-0.4, -0.2) is 46.3 Å². The van der Waals surface area contributed by atoms with E-state index in [0.29, 0.717) is 25.4 Å². The van der Waals surface area contributed by atoms with E-state index in [1.807, 2.05) is 12.1 Å². The number of ether oxygens (including phenoxy) is 3. The number of carbonyl (C=O) groups is 1. The Morgan fingerprint density at radius 1 is 1.25 bits per heavy atom. The Kier molecular flexibility index (Phi) is 4.84. The molecule has 1 fully saturated rings. The van der Waals surface area contributed by atoms with E-state index in [9.17, 15) is 4.79 Å². The zero-order valence-electron chi connectivity index (χ0n) is 12.3. The van der Waals surface area contributed by atoms with Crippen molar-refractivity contribution in [2.45, 2.75) is 13.3 Å². The minimum absolute atomic E-state index is 0.114. The van der Waals surface area contributed by atoms with Crippen molar-refractivity contribution < 1.29 is 19.0 Å². The first-order valence-electron chi connectivity index (χ1n) is 6.72. The van der Waals surface area contributed by atoms with Crippen molar-refractivity contribution in [3.05, 3.63) is 17.7 Å². The number of benzene rings is 1. The lowest BCUT2D eigenvalue weighted by molar-refractivity contribution is -0.116. The minimum Gasteiger partial charge on any atom is -0.497 e. The van der Waals surface area contributed by atoms with Gasteiger partial charge in [-0.15, -0.1) is 0 Å². The first kappa shape index (κ1) is 14.7. The fourth-order valence-corrected chi connectivity index (χ4v) is 2.42. The third-order valence-corrected chi connectivity index (χ3v) is 3.39. The molecule has 0 spiro atoms. The minimum atomic E-state index is 0.114. The molecule has 0 unspecified atom stereocenters. The Balaban J connectivity index is 2.45. The molecule has 1 saturated heterocycles. The van der Waals surface area contributed by atoms with Gasteiger partial charge in [0.15, 0.2) is 0 Å². The smallest absolute Gasteiger partial charge is 0.134 e. The van der Waals surface area contributed by atoms with E-state index in [4.69, 9.17) is 14.2 Å². The van der Waals surface area contributed by atoms with E-state index in [0.717, 1.165) is 30.1 Å². The summed E-state index contributed by atoms with van der Waals surface area (Å²) in [5.41, 5.74) is 1.92. The van der Waals surface area contributed by atoms with Gasteiger partial charge in [-0.1, -0.05) is 0 Å². The number of Topliss-reactive ketones (excluding diaryl/α,β-unsaturated/α-hetero) is 1. The van der Waals surface area contributed by atoms with Gasteiger partial charge in [0.2, 0.25) is 0 Å². The molecule has 20 heavy (non-hydrogen) atoms. The predicted molar refractivity (Wildman–Crippen MR) is 77.0 cm³/mol. The molecule has 0 aliphatic carbocycles. The summed E-state index contributed by atoms with van der Waals surface area (Å²) in [5.74, 6) is 1.54. The van der Waals surface area contributed by atoms with Gasteiger partial charge < -0.3 is 19.1 Å². The molecule has 0 N–H and O–H groups in total. The molecule has 0 atom stereocenters. The Bertz CT molecular complexity index is 481. The molecule has 1 aromatic rings. The highest BCUT2D eigenvalue weighted by atomic mass is 16.5. The number of hydrogen-bond acceptors (Lipinski definition) is 5. The second kappa shape index (κ2) is 6.61. The van der Waals surface area contributed by atoms with Crippen LogP contribution in [0.3, 0.4) is 0 Å². The molecule has 2 rings (SSSR count).